The number of anilines is 1. The highest BCUT2D eigenvalue weighted by molar-refractivity contribution is 7.99. The van der Waals surface area contributed by atoms with Gasteiger partial charge in [0.15, 0.2) is 11.0 Å². The van der Waals surface area contributed by atoms with E-state index in [4.69, 9.17) is 0 Å². The number of fused-ring (bicyclic) bond motifs is 2. The van der Waals surface area contributed by atoms with Crippen molar-refractivity contribution in [2.45, 2.75) is 32.0 Å². The van der Waals surface area contributed by atoms with Gasteiger partial charge in [-0.2, -0.15) is 0 Å². The van der Waals surface area contributed by atoms with E-state index in [0.29, 0.717) is 23.1 Å². The van der Waals surface area contributed by atoms with Crippen LogP contribution in [0.25, 0.3) is 16.5 Å². The predicted octanol–water partition coefficient (Wildman–Crippen LogP) is 5.65. The number of nitrogens with one attached hydrogen (secondary N) is 1. The molecule has 1 N–H and O–H groups in total. The second-order valence-corrected chi connectivity index (χ2v) is 10.9. The van der Waals surface area contributed by atoms with Crippen LogP contribution < -0.4 is 10.2 Å². The minimum Gasteiger partial charge on any atom is -0.345 e. The minimum absolute atomic E-state index is 0.0382. The first-order valence-electron chi connectivity index (χ1n) is 13.3. The predicted molar refractivity (Wildman–Crippen MR) is 159 cm³/mol. The standard InChI is InChI=1S/C32H29N5O2S/c1-21-14-15-22(2)28(18-21)37-29(19-33-31(39)26-12-7-10-23-8-3-5-11-25(23)26)34-35-32(37)40-20-30(38)36-17-16-24-9-4-6-13-27(24)36/h3-15,18H,16-17,19-20H2,1-2H3,(H,33,39). The SMILES string of the molecule is Cc1ccc(C)c(-n2c(CNC(=O)c3cccc4ccccc34)nnc2SCC(=O)N2CCc3ccccc32)c1. The molecule has 0 radical (unpaired) electrons. The fourth-order valence-electron chi connectivity index (χ4n) is 5.19. The molecule has 0 saturated carbocycles. The third-order valence-electron chi connectivity index (χ3n) is 7.26. The molecule has 0 aliphatic carbocycles. The Kier molecular flexibility index (Phi) is 7.09. The topological polar surface area (TPSA) is 80.1 Å². The number of carbonyl (C=O) groups excluding carboxylic acids is 2. The van der Waals surface area contributed by atoms with E-state index in [9.17, 15) is 9.59 Å². The molecule has 0 unspecified atom stereocenters. The van der Waals surface area contributed by atoms with Crippen LogP contribution in [0.3, 0.4) is 0 Å². The second-order valence-electron chi connectivity index (χ2n) is 9.95. The molecule has 0 bridgehead atoms. The molecule has 1 aliphatic heterocycles. The first-order valence-corrected chi connectivity index (χ1v) is 14.3. The summed E-state index contributed by atoms with van der Waals surface area (Å²) in [6.45, 7) is 4.95. The number of benzene rings is 4. The fourth-order valence-corrected chi connectivity index (χ4v) is 6.03. The number of aryl methyl sites for hydroxylation is 2. The molecule has 2 heterocycles. The first kappa shape index (κ1) is 25.8. The van der Waals surface area contributed by atoms with Crippen LogP contribution in [0, 0.1) is 13.8 Å². The molecule has 8 heteroatoms. The molecule has 7 nitrogen and oxygen atoms in total. The van der Waals surface area contributed by atoms with Gasteiger partial charge in [-0.15, -0.1) is 10.2 Å². The zero-order valence-electron chi connectivity index (χ0n) is 22.4. The van der Waals surface area contributed by atoms with Crippen LogP contribution in [0.15, 0.2) is 90.1 Å². The van der Waals surface area contributed by atoms with Crippen LogP contribution in [0.1, 0.15) is 32.9 Å². The summed E-state index contributed by atoms with van der Waals surface area (Å²) in [5.41, 5.74) is 5.88. The van der Waals surface area contributed by atoms with Crippen LogP contribution in [0.5, 0.6) is 0 Å². The summed E-state index contributed by atoms with van der Waals surface area (Å²) in [6, 6.07) is 27.8. The zero-order valence-corrected chi connectivity index (χ0v) is 23.2. The lowest BCUT2D eigenvalue weighted by Crippen LogP contribution is -2.30. The van der Waals surface area contributed by atoms with Gasteiger partial charge in [0.2, 0.25) is 5.91 Å². The molecular formula is C32H29N5O2S. The number of aromatic nitrogens is 3. The number of hydrogen-bond acceptors (Lipinski definition) is 5. The molecule has 0 atom stereocenters. The molecule has 40 heavy (non-hydrogen) atoms. The van der Waals surface area contributed by atoms with E-state index in [0.717, 1.165) is 39.7 Å². The van der Waals surface area contributed by atoms with Crippen molar-refractivity contribution in [2.24, 2.45) is 0 Å². The fraction of sp³-hybridized carbons (Fsp3) is 0.188. The van der Waals surface area contributed by atoms with Crippen molar-refractivity contribution in [1.82, 2.24) is 20.1 Å². The Morgan fingerprint density at radius 3 is 2.60 bits per heavy atom. The van der Waals surface area contributed by atoms with Crippen LogP contribution in [0.4, 0.5) is 5.69 Å². The normalized spacial score (nSPS) is 12.5. The number of rotatable bonds is 7. The molecule has 1 aromatic heterocycles. The van der Waals surface area contributed by atoms with Gasteiger partial charge in [-0.05, 0) is 65.9 Å². The quantitative estimate of drug-likeness (QED) is 0.267. The van der Waals surface area contributed by atoms with Crippen LogP contribution in [-0.4, -0.2) is 38.9 Å². The highest BCUT2D eigenvalue weighted by Crippen LogP contribution is 2.30. The summed E-state index contributed by atoms with van der Waals surface area (Å²) >= 11 is 1.36. The van der Waals surface area contributed by atoms with Gasteiger partial charge in [0.05, 0.1) is 18.0 Å². The molecule has 5 aromatic rings. The maximum atomic E-state index is 13.2. The molecule has 1 aliphatic rings. The summed E-state index contributed by atoms with van der Waals surface area (Å²) in [5.74, 6) is 0.698. The largest absolute Gasteiger partial charge is 0.345 e. The summed E-state index contributed by atoms with van der Waals surface area (Å²) in [7, 11) is 0. The van der Waals surface area contributed by atoms with Gasteiger partial charge in [0.1, 0.15) is 0 Å². The highest BCUT2D eigenvalue weighted by atomic mass is 32.2. The highest BCUT2D eigenvalue weighted by Gasteiger charge is 2.25. The lowest BCUT2D eigenvalue weighted by atomic mass is 10.0. The smallest absolute Gasteiger partial charge is 0.252 e. The van der Waals surface area contributed by atoms with Crippen LogP contribution in [0.2, 0.25) is 0 Å². The van der Waals surface area contributed by atoms with Gasteiger partial charge >= 0.3 is 0 Å². The Balaban J connectivity index is 1.26. The third kappa shape index (κ3) is 4.98. The van der Waals surface area contributed by atoms with Crippen molar-refractivity contribution in [3.63, 3.8) is 0 Å². The molecule has 2 amide bonds. The van der Waals surface area contributed by atoms with E-state index >= 15 is 0 Å². The lowest BCUT2D eigenvalue weighted by molar-refractivity contribution is -0.116. The minimum atomic E-state index is -0.176. The number of nitrogens with zero attached hydrogens (tertiary/aromatic N) is 4. The van der Waals surface area contributed by atoms with Gasteiger partial charge in [0.25, 0.3) is 5.91 Å². The average molecular weight is 548 g/mol. The molecular weight excluding hydrogens is 518 g/mol. The van der Waals surface area contributed by atoms with Gasteiger partial charge in [-0.25, -0.2) is 0 Å². The average Bonchev–Trinajstić information content (AvgIpc) is 3.60. The van der Waals surface area contributed by atoms with E-state index in [1.807, 2.05) is 84.0 Å². The van der Waals surface area contributed by atoms with Crippen molar-refractivity contribution < 1.29 is 9.59 Å². The first-order chi connectivity index (χ1) is 19.5. The Hall–Kier alpha value is -4.43. The number of para-hydroxylation sites is 1. The Bertz CT molecular complexity index is 1740. The summed E-state index contributed by atoms with van der Waals surface area (Å²) in [4.78, 5) is 28.3. The molecule has 4 aromatic carbocycles. The van der Waals surface area contributed by atoms with E-state index in [2.05, 4.69) is 39.8 Å². The maximum absolute atomic E-state index is 13.2. The van der Waals surface area contributed by atoms with Crippen molar-refractivity contribution >= 4 is 40.0 Å². The summed E-state index contributed by atoms with van der Waals surface area (Å²) < 4.78 is 1.96. The molecule has 0 spiro atoms. The lowest BCUT2D eigenvalue weighted by Gasteiger charge is -2.17. The van der Waals surface area contributed by atoms with Crippen molar-refractivity contribution in [3.05, 3.63) is 113 Å². The van der Waals surface area contributed by atoms with Gasteiger partial charge in [-0.3, -0.25) is 14.2 Å². The van der Waals surface area contributed by atoms with Gasteiger partial charge in [-0.1, -0.05) is 78.5 Å². The Labute approximate surface area is 237 Å². The molecule has 0 saturated heterocycles. The van der Waals surface area contributed by atoms with E-state index in [1.54, 1.807) is 0 Å². The number of thioether (sulfide) groups is 1. The van der Waals surface area contributed by atoms with Crippen molar-refractivity contribution in [1.29, 1.82) is 0 Å². The van der Waals surface area contributed by atoms with Gasteiger partial charge in [0, 0.05) is 17.8 Å². The number of amides is 2. The third-order valence-corrected chi connectivity index (χ3v) is 8.17. The molecule has 0 fully saturated rings. The van der Waals surface area contributed by atoms with E-state index in [-0.39, 0.29) is 24.1 Å². The summed E-state index contributed by atoms with van der Waals surface area (Å²) in [6.07, 6.45) is 0.867. The van der Waals surface area contributed by atoms with Gasteiger partial charge < -0.3 is 10.2 Å². The van der Waals surface area contributed by atoms with Crippen LogP contribution in [-0.2, 0) is 17.8 Å². The monoisotopic (exact) mass is 547 g/mol. The molecule has 6 rings (SSSR count). The van der Waals surface area contributed by atoms with E-state index in [1.165, 1.54) is 17.3 Å². The van der Waals surface area contributed by atoms with Crippen molar-refractivity contribution in [2.75, 3.05) is 17.2 Å². The Morgan fingerprint density at radius 1 is 0.900 bits per heavy atom. The summed E-state index contributed by atoms with van der Waals surface area (Å²) in [5, 5.41) is 14.5. The van der Waals surface area contributed by atoms with Crippen molar-refractivity contribution in [3.8, 4) is 5.69 Å². The number of carbonyl (C=O) groups is 2. The second kappa shape index (κ2) is 11.0. The maximum Gasteiger partial charge on any atom is 0.252 e. The molecule has 200 valence electrons. The zero-order chi connectivity index (χ0) is 27.6. The van der Waals surface area contributed by atoms with E-state index < -0.39 is 0 Å². The Morgan fingerprint density at radius 2 is 1.70 bits per heavy atom. The number of hydrogen-bond donors (Lipinski definition) is 1. The van der Waals surface area contributed by atoms with Crippen LogP contribution >= 0.6 is 11.8 Å².